The number of carboxylic acid groups (broad SMARTS) is 1. The van der Waals surface area contributed by atoms with Crippen molar-refractivity contribution in [1.29, 1.82) is 0 Å². The van der Waals surface area contributed by atoms with Crippen molar-refractivity contribution >= 4 is 15.8 Å². The van der Waals surface area contributed by atoms with Crippen molar-refractivity contribution in [3.05, 3.63) is 18.5 Å². The van der Waals surface area contributed by atoms with E-state index in [0.717, 1.165) is 0 Å². The summed E-state index contributed by atoms with van der Waals surface area (Å²) in [4.78, 5) is 12.6. The van der Waals surface area contributed by atoms with Crippen LogP contribution in [0.15, 0.2) is 18.5 Å². The quantitative estimate of drug-likeness (QED) is 0.755. The Bertz CT molecular complexity index is 526. The van der Waals surface area contributed by atoms with Gasteiger partial charge in [0.05, 0.1) is 24.6 Å². The zero-order valence-electron chi connectivity index (χ0n) is 10.5. The molecule has 1 aliphatic heterocycles. The lowest BCUT2D eigenvalue weighted by Crippen LogP contribution is -2.41. The van der Waals surface area contributed by atoms with Gasteiger partial charge in [-0.15, -0.1) is 0 Å². The van der Waals surface area contributed by atoms with Crippen molar-refractivity contribution in [2.45, 2.75) is 19.0 Å². The lowest BCUT2D eigenvalue weighted by atomic mass is 10.2. The molecule has 1 fully saturated rings. The molecule has 106 valence electrons. The Kier molecular flexibility index (Phi) is 4.20. The average molecular weight is 287 g/mol. The Morgan fingerprint density at radius 3 is 2.84 bits per heavy atom. The van der Waals surface area contributed by atoms with Gasteiger partial charge < -0.3 is 5.11 Å². The number of rotatable bonds is 6. The van der Waals surface area contributed by atoms with Gasteiger partial charge >= 0.3 is 5.97 Å². The number of hydrogen-bond donors (Lipinski definition) is 1. The van der Waals surface area contributed by atoms with Crippen molar-refractivity contribution in [2.75, 3.05) is 24.6 Å². The molecular weight excluding hydrogens is 270 g/mol. The van der Waals surface area contributed by atoms with Crippen molar-refractivity contribution in [1.82, 2.24) is 14.7 Å². The SMILES string of the molecule is O=C(O)CN(CCn1cccn1)C1CCS(=O)(=O)C1. The number of carboxylic acids is 1. The molecule has 7 nitrogen and oxygen atoms in total. The molecule has 1 unspecified atom stereocenters. The first-order chi connectivity index (χ1) is 8.96. The monoisotopic (exact) mass is 287 g/mol. The Labute approximate surface area is 111 Å². The molecule has 0 radical (unpaired) electrons. The molecule has 0 bridgehead atoms. The van der Waals surface area contributed by atoms with E-state index in [1.807, 2.05) is 0 Å². The van der Waals surface area contributed by atoms with Gasteiger partial charge in [-0.25, -0.2) is 8.42 Å². The molecule has 0 saturated carbocycles. The van der Waals surface area contributed by atoms with E-state index in [9.17, 15) is 13.2 Å². The highest BCUT2D eigenvalue weighted by atomic mass is 32.2. The molecular formula is C11H17N3O4S. The van der Waals surface area contributed by atoms with Crippen LogP contribution in [0.25, 0.3) is 0 Å². The van der Waals surface area contributed by atoms with Gasteiger partial charge in [-0.3, -0.25) is 14.4 Å². The molecule has 0 amide bonds. The molecule has 1 aromatic heterocycles. The molecule has 1 aromatic rings. The van der Waals surface area contributed by atoms with Crippen LogP contribution in [0.5, 0.6) is 0 Å². The lowest BCUT2D eigenvalue weighted by Gasteiger charge is -2.26. The minimum Gasteiger partial charge on any atom is -0.480 e. The lowest BCUT2D eigenvalue weighted by molar-refractivity contribution is -0.138. The Morgan fingerprint density at radius 1 is 1.53 bits per heavy atom. The number of nitrogens with zero attached hydrogens (tertiary/aromatic N) is 3. The van der Waals surface area contributed by atoms with E-state index in [4.69, 9.17) is 5.11 Å². The minimum atomic E-state index is -3.01. The first kappa shape index (κ1) is 14.0. The molecule has 1 atom stereocenters. The third-order valence-corrected chi connectivity index (χ3v) is 4.99. The van der Waals surface area contributed by atoms with Crippen LogP contribution in [0.4, 0.5) is 0 Å². The topological polar surface area (TPSA) is 92.5 Å². The maximum absolute atomic E-state index is 11.5. The van der Waals surface area contributed by atoms with E-state index in [1.54, 1.807) is 28.0 Å². The van der Waals surface area contributed by atoms with Crippen molar-refractivity contribution in [3.8, 4) is 0 Å². The molecule has 2 heterocycles. The van der Waals surface area contributed by atoms with Crippen molar-refractivity contribution in [2.24, 2.45) is 0 Å². The Hall–Kier alpha value is -1.41. The van der Waals surface area contributed by atoms with Gasteiger partial charge in [-0.2, -0.15) is 5.10 Å². The van der Waals surface area contributed by atoms with Gasteiger partial charge in [0.1, 0.15) is 0 Å². The second-order valence-corrected chi connectivity index (χ2v) is 6.92. The summed E-state index contributed by atoms with van der Waals surface area (Å²) in [5, 5.41) is 13.0. The fourth-order valence-corrected chi connectivity index (χ4v) is 4.05. The van der Waals surface area contributed by atoms with Gasteiger partial charge in [0.15, 0.2) is 9.84 Å². The van der Waals surface area contributed by atoms with E-state index in [0.29, 0.717) is 19.5 Å². The van der Waals surface area contributed by atoms with Crippen molar-refractivity contribution < 1.29 is 18.3 Å². The maximum atomic E-state index is 11.5. The van der Waals surface area contributed by atoms with Gasteiger partial charge in [0, 0.05) is 25.0 Å². The number of sulfone groups is 1. The summed E-state index contributed by atoms with van der Waals surface area (Å²) in [6.07, 6.45) is 3.96. The first-order valence-corrected chi connectivity index (χ1v) is 7.92. The fraction of sp³-hybridized carbons (Fsp3) is 0.636. The number of aromatic nitrogens is 2. The van der Waals surface area contributed by atoms with Crippen LogP contribution in [0.2, 0.25) is 0 Å². The van der Waals surface area contributed by atoms with Gasteiger partial charge in [0.25, 0.3) is 0 Å². The summed E-state index contributed by atoms with van der Waals surface area (Å²) in [6, 6.07) is 1.60. The predicted octanol–water partition coefficient (Wildman–Crippen LogP) is -0.543. The molecule has 2 rings (SSSR count). The third kappa shape index (κ3) is 4.03. The molecule has 1 saturated heterocycles. The normalized spacial score (nSPS) is 21.8. The molecule has 0 aliphatic carbocycles. The van der Waals surface area contributed by atoms with E-state index >= 15 is 0 Å². The van der Waals surface area contributed by atoms with Crippen LogP contribution < -0.4 is 0 Å². The highest BCUT2D eigenvalue weighted by molar-refractivity contribution is 7.91. The summed E-state index contributed by atoms with van der Waals surface area (Å²) >= 11 is 0. The second-order valence-electron chi connectivity index (χ2n) is 4.69. The molecule has 8 heteroatoms. The number of aliphatic carboxylic acids is 1. The van der Waals surface area contributed by atoms with Crippen LogP contribution in [0.3, 0.4) is 0 Å². The maximum Gasteiger partial charge on any atom is 0.317 e. The van der Waals surface area contributed by atoms with Gasteiger partial charge in [-0.1, -0.05) is 0 Å². The average Bonchev–Trinajstić information content (AvgIpc) is 2.93. The third-order valence-electron chi connectivity index (χ3n) is 3.24. The molecule has 19 heavy (non-hydrogen) atoms. The summed E-state index contributed by atoms with van der Waals surface area (Å²) in [7, 11) is -3.01. The predicted molar refractivity (Wildman–Crippen MR) is 68.5 cm³/mol. The molecule has 1 N–H and O–H groups in total. The molecule has 0 aromatic carbocycles. The standard InChI is InChI=1S/C11H17N3O4S/c15-11(16)8-13(5-6-14-4-1-3-12-14)10-2-7-19(17,18)9-10/h1,3-4,10H,2,5-9H2,(H,15,16). The summed E-state index contributed by atoms with van der Waals surface area (Å²) < 4.78 is 24.7. The summed E-state index contributed by atoms with van der Waals surface area (Å²) in [5.74, 6) is -0.737. The zero-order valence-corrected chi connectivity index (χ0v) is 11.3. The van der Waals surface area contributed by atoms with E-state index < -0.39 is 15.8 Å². The van der Waals surface area contributed by atoms with E-state index in [2.05, 4.69) is 5.10 Å². The number of hydrogen-bond acceptors (Lipinski definition) is 5. The van der Waals surface area contributed by atoms with Crippen LogP contribution in [0, 0.1) is 0 Å². The highest BCUT2D eigenvalue weighted by Gasteiger charge is 2.32. The van der Waals surface area contributed by atoms with Crippen LogP contribution >= 0.6 is 0 Å². The minimum absolute atomic E-state index is 0.0549. The van der Waals surface area contributed by atoms with Gasteiger partial charge in [-0.05, 0) is 12.5 Å². The fourth-order valence-electron chi connectivity index (χ4n) is 2.29. The number of carbonyl (C=O) groups is 1. The highest BCUT2D eigenvalue weighted by Crippen LogP contribution is 2.17. The molecule has 0 spiro atoms. The largest absolute Gasteiger partial charge is 0.480 e. The zero-order chi connectivity index (χ0) is 13.9. The van der Waals surface area contributed by atoms with Crippen LogP contribution in [-0.2, 0) is 21.2 Å². The molecule has 1 aliphatic rings. The van der Waals surface area contributed by atoms with E-state index in [-0.39, 0.29) is 24.1 Å². The van der Waals surface area contributed by atoms with Crippen molar-refractivity contribution in [3.63, 3.8) is 0 Å². The Balaban J connectivity index is 1.97. The Morgan fingerprint density at radius 2 is 2.32 bits per heavy atom. The summed E-state index contributed by atoms with van der Waals surface area (Å²) in [6.45, 7) is 0.895. The first-order valence-electron chi connectivity index (χ1n) is 6.10. The van der Waals surface area contributed by atoms with Gasteiger partial charge in [0.2, 0.25) is 0 Å². The van der Waals surface area contributed by atoms with Crippen LogP contribution in [-0.4, -0.2) is 64.8 Å². The smallest absolute Gasteiger partial charge is 0.317 e. The summed E-state index contributed by atoms with van der Waals surface area (Å²) in [5.41, 5.74) is 0. The second kappa shape index (κ2) is 5.70. The van der Waals surface area contributed by atoms with E-state index in [1.165, 1.54) is 0 Å². The van der Waals surface area contributed by atoms with Crippen LogP contribution in [0.1, 0.15) is 6.42 Å².